The molecule has 1 saturated carbocycles. The van der Waals surface area contributed by atoms with Crippen LogP contribution in [-0.4, -0.2) is 37.5 Å². The molecule has 1 aliphatic carbocycles. The third kappa shape index (κ3) is 3.23. The first-order valence-corrected chi connectivity index (χ1v) is 9.15. The van der Waals surface area contributed by atoms with Crippen LogP contribution < -0.4 is 5.32 Å². The zero-order valence-corrected chi connectivity index (χ0v) is 14.9. The normalized spacial score (nSPS) is 20.9. The summed E-state index contributed by atoms with van der Waals surface area (Å²) in [6.45, 7) is 2.96. The molecule has 1 amide bonds. The second-order valence-electron chi connectivity index (χ2n) is 6.72. The lowest BCUT2D eigenvalue weighted by Gasteiger charge is -2.34. The van der Waals surface area contributed by atoms with Gasteiger partial charge in [-0.3, -0.25) is 4.79 Å². The van der Waals surface area contributed by atoms with Gasteiger partial charge in [0, 0.05) is 17.6 Å². The molecule has 120 valence electrons. The minimum absolute atomic E-state index is 0.210. The smallest absolute Gasteiger partial charge is 0.233 e. The van der Waals surface area contributed by atoms with Crippen LogP contribution in [0.3, 0.4) is 0 Å². The van der Waals surface area contributed by atoms with Gasteiger partial charge in [-0.05, 0) is 69.3 Å². The predicted molar refractivity (Wildman–Crippen MR) is 92.9 cm³/mol. The summed E-state index contributed by atoms with van der Waals surface area (Å²) in [5.41, 5.74) is 0.983. The van der Waals surface area contributed by atoms with Gasteiger partial charge in [0.2, 0.25) is 5.91 Å². The molecule has 0 unspecified atom stereocenters. The third-order valence-electron chi connectivity index (χ3n) is 5.26. The number of rotatable bonds is 5. The van der Waals surface area contributed by atoms with Gasteiger partial charge in [-0.1, -0.05) is 28.1 Å². The monoisotopic (exact) mass is 364 g/mol. The Bertz CT molecular complexity index is 516. The summed E-state index contributed by atoms with van der Waals surface area (Å²) in [7, 11) is 2.01. The molecule has 0 bridgehead atoms. The molecular weight excluding hydrogens is 340 g/mol. The third-order valence-corrected chi connectivity index (χ3v) is 5.79. The first kappa shape index (κ1) is 16.0. The molecule has 1 aromatic carbocycles. The Kier molecular flexibility index (Phi) is 4.88. The first-order valence-electron chi connectivity index (χ1n) is 8.36. The summed E-state index contributed by atoms with van der Waals surface area (Å²) in [5, 5.41) is 3.22. The maximum absolute atomic E-state index is 13.0. The largest absolute Gasteiger partial charge is 0.342 e. The fourth-order valence-corrected chi connectivity index (χ4v) is 3.86. The number of carbonyl (C=O) groups excluding carboxylic acids is 1. The molecule has 1 saturated heterocycles. The number of nitrogens with one attached hydrogen (secondary N) is 1. The van der Waals surface area contributed by atoms with Crippen LogP contribution in [0.2, 0.25) is 0 Å². The van der Waals surface area contributed by atoms with E-state index < -0.39 is 0 Å². The number of halogens is 1. The molecule has 1 aliphatic heterocycles. The van der Waals surface area contributed by atoms with Gasteiger partial charge in [-0.15, -0.1) is 0 Å². The number of amides is 1. The Morgan fingerprint density at radius 2 is 1.91 bits per heavy atom. The van der Waals surface area contributed by atoms with E-state index in [0.717, 1.165) is 55.7 Å². The molecule has 1 N–H and O–H groups in total. The SMILES string of the molecule is CNCCC1CCN(C(=O)C2(c3ccc(Br)cc3)CC2)CC1. The Balaban J connectivity index is 1.61. The lowest BCUT2D eigenvalue weighted by Crippen LogP contribution is -2.44. The molecule has 4 heteroatoms. The minimum atomic E-state index is -0.210. The molecule has 0 aromatic heterocycles. The molecular formula is C18H25BrN2O. The summed E-state index contributed by atoms with van der Waals surface area (Å²) >= 11 is 3.47. The van der Waals surface area contributed by atoms with E-state index in [1.54, 1.807) is 0 Å². The van der Waals surface area contributed by atoms with Gasteiger partial charge < -0.3 is 10.2 Å². The Hall–Kier alpha value is -0.870. The summed E-state index contributed by atoms with van der Waals surface area (Å²) in [6.07, 6.45) is 5.56. The highest BCUT2D eigenvalue weighted by Gasteiger charge is 2.53. The molecule has 3 rings (SSSR count). The van der Waals surface area contributed by atoms with Crippen LogP contribution in [-0.2, 0) is 10.2 Å². The van der Waals surface area contributed by atoms with Crippen molar-refractivity contribution in [2.45, 2.75) is 37.5 Å². The van der Waals surface area contributed by atoms with Gasteiger partial charge in [-0.25, -0.2) is 0 Å². The molecule has 1 heterocycles. The highest BCUT2D eigenvalue weighted by molar-refractivity contribution is 9.10. The molecule has 2 fully saturated rings. The molecule has 22 heavy (non-hydrogen) atoms. The van der Waals surface area contributed by atoms with Gasteiger partial charge in [0.25, 0.3) is 0 Å². The average molecular weight is 365 g/mol. The highest BCUT2D eigenvalue weighted by atomic mass is 79.9. The van der Waals surface area contributed by atoms with Gasteiger partial charge in [-0.2, -0.15) is 0 Å². The lowest BCUT2D eigenvalue weighted by molar-refractivity contribution is -0.135. The van der Waals surface area contributed by atoms with Crippen molar-refractivity contribution in [1.29, 1.82) is 0 Å². The van der Waals surface area contributed by atoms with E-state index in [0.29, 0.717) is 5.91 Å². The molecule has 0 radical (unpaired) electrons. The topological polar surface area (TPSA) is 32.3 Å². The number of carbonyl (C=O) groups is 1. The van der Waals surface area contributed by atoms with Crippen molar-refractivity contribution in [3.63, 3.8) is 0 Å². The van der Waals surface area contributed by atoms with Crippen molar-refractivity contribution < 1.29 is 4.79 Å². The van der Waals surface area contributed by atoms with E-state index in [2.05, 4.69) is 38.3 Å². The maximum atomic E-state index is 13.0. The van der Waals surface area contributed by atoms with Crippen molar-refractivity contribution in [2.24, 2.45) is 5.92 Å². The van der Waals surface area contributed by atoms with E-state index in [4.69, 9.17) is 0 Å². The highest BCUT2D eigenvalue weighted by Crippen LogP contribution is 2.50. The predicted octanol–water partition coefficient (Wildman–Crippen LogP) is 3.33. The number of likely N-dealkylation sites (tertiary alicyclic amines) is 1. The zero-order valence-electron chi connectivity index (χ0n) is 13.3. The molecule has 2 aliphatic rings. The minimum Gasteiger partial charge on any atom is -0.342 e. The van der Waals surface area contributed by atoms with E-state index in [1.807, 2.05) is 19.2 Å². The fraction of sp³-hybridized carbons (Fsp3) is 0.611. The second kappa shape index (κ2) is 6.71. The summed E-state index contributed by atoms with van der Waals surface area (Å²) in [5.74, 6) is 1.14. The van der Waals surface area contributed by atoms with Crippen LogP contribution in [0.15, 0.2) is 28.7 Å². The fourth-order valence-electron chi connectivity index (χ4n) is 3.60. The Morgan fingerprint density at radius 3 is 2.45 bits per heavy atom. The molecule has 1 aromatic rings. The summed E-state index contributed by atoms with van der Waals surface area (Å²) < 4.78 is 1.07. The van der Waals surface area contributed by atoms with Gasteiger partial charge in [0.05, 0.1) is 5.41 Å². The van der Waals surface area contributed by atoms with Gasteiger partial charge in [0.15, 0.2) is 0 Å². The quantitative estimate of drug-likeness (QED) is 0.868. The average Bonchev–Trinajstić information content (AvgIpc) is 3.35. The van der Waals surface area contributed by atoms with Crippen LogP contribution in [0.25, 0.3) is 0 Å². The number of benzene rings is 1. The molecule has 0 atom stereocenters. The van der Waals surface area contributed by atoms with Crippen LogP contribution in [0.4, 0.5) is 0 Å². The summed E-state index contributed by atoms with van der Waals surface area (Å²) in [6, 6.07) is 8.31. The number of piperidine rings is 1. The van der Waals surface area contributed by atoms with E-state index in [1.165, 1.54) is 12.0 Å². The first-order chi connectivity index (χ1) is 10.7. The van der Waals surface area contributed by atoms with Crippen LogP contribution >= 0.6 is 15.9 Å². The van der Waals surface area contributed by atoms with Gasteiger partial charge >= 0.3 is 0 Å². The zero-order chi connectivity index (χ0) is 15.6. The Morgan fingerprint density at radius 1 is 1.27 bits per heavy atom. The van der Waals surface area contributed by atoms with E-state index >= 15 is 0 Å². The second-order valence-corrected chi connectivity index (χ2v) is 7.63. The van der Waals surface area contributed by atoms with Crippen LogP contribution in [0.1, 0.15) is 37.7 Å². The van der Waals surface area contributed by atoms with Gasteiger partial charge in [0.1, 0.15) is 0 Å². The van der Waals surface area contributed by atoms with Crippen LogP contribution in [0, 0.1) is 5.92 Å². The Labute approximate surface area is 141 Å². The number of hydrogen-bond acceptors (Lipinski definition) is 2. The maximum Gasteiger partial charge on any atom is 0.233 e. The van der Waals surface area contributed by atoms with E-state index in [-0.39, 0.29) is 5.41 Å². The molecule has 0 spiro atoms. The van der Waals surface area contributed by atoms with Crippen molar-refractivity contribution >= 4 is 21.8 Å². The van der Waals surface area contributed by atoms with Crippen molar-refractivity contribution in [2.75, 3.05) is 26.7 Å². The van der Waals surface area contributed by atoms with E-state index in [9.17, 15) is 4.79 Å². The van der Waals surface area contributed by atoms with Crippen molar-refractivity contribution in [1.82, 2.24) is 10.2 Å². The molecule has 3 nitrogen and oxygen atoms in total. The lowest BCUT2D eigenvalue weighted by atomic mass is 9.90. The van der Waals surface area contributed by atoms with Crippen molar-refractivity contribution in [3.8, 4) is 0 Å². The summed E-state index contributed by atoms with van der Waals surface area (Å²) in [4.78, 5) is 15.1. The van der Waals surface area contributed by atoms with Crippen LogP contribution in [0.5, 0.6) is 0 Å². The number of nitrogens with zero attached hydrogens (tertiary/aromatic N) is 1. The standard InChI is InChI=1S/C18H25BrN2O/c1-20-11-6-14-7-12-21(13-8-14)17(22)18(9-10-18)15-2-4-16(19)5-3-15/h2-5,14,20H,6-13H2,1H3. The number of hydrogen-bond donors (Lipinski definition) is 1. The van der Waals surface area contributed by atoms with Crippen molar-refractivity contribution in [3.05, 3.63) is 34.3 Å².